The first-order valence-electron chi connectivity index (χ1n) is 5.64. The predicted molar refractivity (Wildman–Crippen MR) is 73.4 cm³/mol. The summed E-state index contributed by atoms with van der Waals surface area (Å²) in [5.74, 6) is 0. The zero-order valence-corrected chi connectivity index (χ0v) is 11.7. The van der Waals surface area contributed by atoms with E-state index in [4.69, 9.17) is 11.6 Å². The van der Waals surface area contributed by atoms with E-state index in [-0.39, 0.29) is 0 Å². The number of hydrogen-bond acceptors (Lipinski definition) is 2. The fraction of sp³-hybridized carbons (Fsp3) is 0.500. The van der Waals surface area contributed by atoms with Crippen molar-refractivity contribution in [2.75, 3.05) is 24.5 Å². The van der Waals surface area contributed by atoms with Crippen molar-refractivity contribution in [3.05, 3.63) is 27.7 Å². The lowest BCUT2D eigenvalue weighted by Gasteiger charge is -2.35. The fourth-order valence-corrected chi connectivity index (χ4v) is 2.85. The molecule has 1 N–H and O–H groups in total. The Hall–Kier alpha value is -0.250. The molecule has 0 amide bonds. The van der Waals surface area contributed by atoms with Crippen LogP contribution in [0.1, 0.15) is 13.3 Å². The van der Waals surface area contributed by atoms with Crippen molar-refractivity contribution in [3.8, 4) is 0 Å². The second kappa shape index (κ2) is 5.39. The van der Waals surface area contributed by atoms with E-state index in [1.165, 1.54) is 0 Å². The maximum absolute atomic E-state index is 6.26. The molecule has 2 nitrogen and oxygen atoms in total. The van der Waals surface area contributed by atoms with Gasteiger partial charge >= 0.3 is 0 Å². The Kier molecular flexibility index (Phi) is 4.11. The molecule has 0 saturated carbocycles. The number of piperazine rings is 1. The molecule has 1 fully saturated rings. The summed E-state index contributed by atoms with van der Waals surface area (Å²) in [6.45, 7) is 5.31. The Balaban J connectivity index is 2.16. The number of hydrogen-bond donors (Lipinski definition) is 1. The zero-order valence-electron chi connectivity index (χ0n) is 9.34. The van der Waals surface area contributed by atoms with Gasteiger partial charge in [0.15, 0.2) is 0 Å². The third-order valence-electron chi connectivity index (χ3n) is 3.00. The summed E-state index contributed by atoms with van der Waals surface area (Å²) in [6, 6.07) is 6.67. The van der Waals surface area contributed by atoms with Crippen molar-refractivity contribution in [1.82, 2.24) is 5.32 Å². The molecule has 1 heterocycles. The minimum Gasteiger partial charge on any atom is -0.367 e. The van der Waals surface area contributed by atoms with Gasteiger partial charge in [-0.1, -0.05) is 34.5 Å². The largest absolute Gasteiger partial charge is 0.367 e. The molecule has 0 aliphatic carbocycles. The molecule has 0 aromatic heterocycles. The van der Waals surface area contributed by atoms with Crippen LogP contribution < -0.4 is 10.2 Å². The van der Waals surface area contributed by atoms with E-state index in [9.17, 15) is 0 Å². The Labute approximate surface area is 110 Å². The lowest BCUT2D eigenvalue weighted by Crippen LogP contribution is -2.50. The molecule has 1 atom stereocenters. The van der Waals surface area contributed by atoms with Gasteiger partial charge < -0.3 is 10.2 Å². The van der Waals surface area contributed by atoms with Gasteiger partial charge in [-0.05, 0) is 24.6 Å². The highest BCUT2D eigenvalue weighted by Gasteiger charge is 2.19. The van der Waals surface area contributed by atoms with Gasteiger partial charge in [-0.25, -0.2) is 0 Å². The SMILES string of the molecule is CCC1CN(c2ccc(Br)cc2Cl)CCN1. The molecule has 1 unspecified atom stereocenters. The molecule has 88 valence electrons. The number of anilines is 1. The topological polar surface area (TPSA) is 15.3 Å². The summed E-state index contributed by atoms with van der Waals surface area (Å²) in [5.41, 5.74) is 1.14. The summed E-state index contributed by atoms with van der Waals surface area (Å²) in [4.78, 5) is 2.36. The summed E-state index contributed by atoms with van der Waals surface area (Å²) in [5, 5.41) is 4.33. The summed E-state index contributed by atoms with van der Waals surface area (Å²) < 4.78 is 1.03. The molecular weight excluding hydrogens is 288 g/mol. The van der Waals surface area contributed by atoms with Gasteiger partial charge in [0, 0.05) is 30.1 Å². The third kappa shape index (κ3) is 2.70. The van der Waals surface area contributed by atoms with E-state index in [2.05, 4.69) is 39.1 Å². The van der Waals surface area contributed by atoms with Crippen LogP contribution in [0, 0.1) is 0 Å². The first kappa shape index (κ1) is 12.2. The van der Waals surface area contributed by atoms with Gasteiger partial charge in [-0.3, -0.25) is 0 Å². The Bertz CT molecular complexity index is 370. The molecule has 1 saturated heterocycles. The first-order valence-corrected chi connectivity index (χ1v) is 6.81. The maximum Gasteiger partial charge on any atom is 0.0650 e. The second-order valence-electron chi connectivity index (χ2n) is 4.10. The van der Waals surface area contributed by atoms with Crippen molar-refractivity contribution in [3.63, 3.8) is 0 Å². The van der Waals surface area contributed by atoms with Crippen molar-refractivity contribution in [2.24, 2.45) is 0 Å². The third-order valence-corrected chi connectivity index (χ3v) is 3.79. The minimum absolute atomic E-state index is 0.577. The standard InChI is InChI=1S/C12H16BrClN2/c1-2-10-8-16(6-5-15-10)12-4-3-9(13)7-11(12)14/h3-4,7,10,15H,2,5-6,8H2,1H3. The molecule has 0 bridgehead atoms. The van der Waals surface area contributed by atoms with E-state index >= 15 is 0 Å². The average Bonchev–Trinajstić information content (AvgIpc) is 2.29. The quantitative estimate of drug-likeness (QED) is 0.902. The summed E-state index contributed by atoms with van der Waals surface area (Å²) in [6.07, 6.45) is 1.16. The highest BCUT2D eigenvalue weighted by molar-refractivity contribution is 9.10. The van der Waals surface area contributed by atoms with Gasteiger partial charge in [0.1, 0.15) is 0 Å². The normalized spacial score (nSPS) is 21.2. The number of rotatable bonds is 2. The van der Waals surface area contributed by atoms with E-state index in [1.54, 1.807) is 0 Å². The number of nitrogens with one attached hydrogen (secondary N) is 1. The molecule has 0 spiro atoms. The van der Waals surface area contributed by atoms with Crippen LogP contribution in [0.4, 0.5) is 5.69 Å². The average molecular weight is 304 g/mol. The first-order chi connectivity index (χ1) is 7.70. The second-order valence-corrected chi connectivity index (χ2v) is 5.42. The maximum atomic E-state index is 6.26. The molecule has 2 rings (SSSR count). The van der Waals surface area contributed by atoms with Crippen molar-refractivity contribution >= 4 is 33.2 Å². The molecule has 1 aromatic carbocycles. The Morgan fingerprint density at radius 1 is 1.56 bits per heavy atom. The molecule has 0 radical (unpaired) electrons. The minimum atomic E-state index is 0.577. The number of nitrogens with zero attached hydrogens (tertiary/aromatic N) is 1. The van der Waals surface area contributed by atoms with Crippen LogP contribution in [-0.4, -0.2) is 25.7 Å². The molecular formula is C12H16BrClN2. The highest BCUT2D eigenvalue weighted by Crippen LogP contribution is 2.29. The number of halogens is 2. The fourth-order valence-electron chi connectivity index (χ4n) is 2.06. The monoisotopic (exact) mass is 302 g/mol. The van der Waals surface area contributed by atoms with Gasteiger partial charge in [0.2, 0.25) is 0 Å². The molecule has 1 aliphatic heterocycles. The summed E-state index contributed by atoms with van der Waals surface area (Å²) >= 11 is 9.69. The Morgan fingerprint density at radius 3 is 3.06 bits per heavy atom. The van der Waals surface area contributed by atoms with Crippen LogP contribution in [0.15, 0.2) is 22.7 Å². The highest BCUT2D eigenvalue weighted by atomic mass is 79.9. The van der Waals surface area contributed by atoms with E-state index in [1.807, 2.05) is 12.1 Å². The summed E-state index contributed by atoms with van der Waals surface area (Å²) in [7, 11) is 0. The van der Waals surface area contributed by atoms with Gasteiger partial charge in [-0.15, -0.1) is 0 Å². The van der Waals surface area contributed by atoms with Crippen LogP contribution in [0.5, 0.6) is 0 Å². The molecule has 1 aromatic rings. The van der Waals surface area contributed by atoms with E-state index in [0.29, 0.717) is 6.04 Å². The van der Waals surface area contributed by atoms with Gasteiger partial charge in [0.25, 0.3) is 0 Å². The molecule has 1 aliphatic rings. The molecule has 16 heavy (non-hydrogen) atoms. The van der Waals surface area contributed by atoms with Gasteiger partial charge in [0.05, 0.1) is 10.7 Å². The molecule has 4 heteroatoms. The number of benzene rings is 1. The van der Waals surface area contributed by atoms with Crippen molar-refractivity contribution in [1.29, 1.82) is 0 Å². The van der Waals surface area contributed by atoms with Gasteiger partial charge in [-0.2, -0.15) is 0 Å². The van der Waals surface area contributed by atoms with Crippen LogP contribution in [0.3, 0.4) is 0 Å². The lowest BCUT2D eigenvalue weighted by molar-refractivity contribution is 0.447. The lowest BCUT2D eigenvalue weighted by atomic mass is 10.1. The Morgan fingerprint density at radius 2 is 2.38 bits per heavy atom. The van der Waals surface area contributed by atoms with Crippen molar-refractivity contribution < 1.29 is 0 Å². The van der Waals surface area contributed by atoms with Crippen LogP contribution >= 0.6 is 27.5 Å². The zero-order chi connectivity index (χ0) is 11.5. The van der Waals surface area contributed by atoms with E-state index in [0.717, 1.165) is 41.2 Å². The van der Waals surface area contributed by atoms with Crippen LogP contribution in [0.2, 0.25) is 5.02 Å². The van der Waals surface area contributed by atoms with Crippen LogP contribution in [0.25, 0.3) is 0 Å². The van der Waals surface area contributed by atoms with Crippen LogP contribution in [-0.2, 0) is 0 Å². The van der Waals surface area contributed by atoms with E-state index < -0.39 is 0 Å². The predicted octanol–water partition coefficient (Wildman–Crippen LogP) is 3.29. The van der Waals surface area contributed by atoms with Crippen molar-refractivity contribution in [2.45, 2.75) is 19.4 Å². The smallest absolute Gasteiger partial charge is 0.0650 e.